The fourth-order valence-electron chi connectivity index (χ4n) is 3.00. The van der Waals surface area contributed by atoms with Gasteiger partial charge in [0.05, 0.1) is 24.2 Å². The van der Waals surface area contributed by atoms with Gasteiger partial charge in [0.1, 0.15) is 5.75 Å². The van der Waals surface area contributed by atoms with Crippen LogP contribution in [0.3, 0.4) is 0 Å². The van der Waals surface area contributed by atoms with E-state index in [4.69, 9.17) is 4.74 Å². The lowest BCUT2D eigenvalue weighted by Crippen LogP contribution is -2.10. The third-order valence-electron chi connectivity index (χ3n) is 3.99. The molecule has 2 atom stereocenters. The molecule has 4 nitrogen and oxygen atoms in total. The van der Waals surface area contributed by atoms with Gasteiger partial charge in [0.15, 0.2) is 9.84 Å². The first-order chi connectivity index (χ1) is 9.05. The summed E-state index contributed by atoms with van der Waals surface area (Å²) in [6.45, 7) is 0.664. The Hall–Kier alpha value is -1.07. The molecule has 5 heteroatoms. The highest BCUT2D eigenvalue weighted by atomic mass is 32.2. The molecule has 0 radical (unpaired) electrons. The van der Waals surface area contributed by atoms with E-state index in [0.29, 0.717) is 19.4 Å². The van der Waals surface area contributed by atoms with E-state index in [1.165, 1.54) is 0 Å². The summed E-state index contributed by atoms with van der Waals surface area (Å²) < 4.78 is 28.5. The number of rotatable bonds is 3. The minimum atomic E-state index is -2.88. The van der Waals surface area contributed by atoms with Crippen molar-refractivity contribution in [2.24, 2.45) is 5.92 Å². The molecule has 0 spiro atoms. The number of hydrogen-bond acceptors (Lipinski definition) is 4. The lowest BCUT2D eigenvalue weighted by molar-refractivity contribution is 0.145. The Balaban J connectivity index is 1.75. The first-order valence-corrected chi connectivity index (χ1v) is 8.50. The largest absolute Gasteiger partial charge is 0.493 e. The van der Waals surface area contributed by atoms with Crippen molar-refractivity contribution >= 4 is 9.84 Å². The molecule has 0 amide bonds. The summed E-state index contributed by atoms with van der Waals surface area (Å²) in [6.07, 6.45) is 1.41. The maximum atomic E-state index is 11.4. The number of sulfone groups is 1. The van der Waals surface area contributed by atoms with E-state index >= 15 is 0 Å². The van der Waals surface area contributed by atoms with Crippen molar-refractivity contribution in [3.8, 4) is 5.75 Å². The minimum absolute atomic E-state index is 0.0669. The van der Waals surface area contributed by atoms with Gasteiger partial charge in [0.25, 0.3) is 0 Å². The highest BCUT2D eigenvalue weighted by Gasteiger charge is 2.31. The van der Waals surface area contributed by atoms with Gasteiger partial charge in [-0.3, -0.25) is 0 Å². The fourth-order valence-corrected chi connectivity index (χ4v) is 4.88. The van der Waals surface area contributed by atoms with E-state index in [9.17, 15) is 13.5 Å². The van der Waals surface area contributed by atoms with E-state index in [2.05, 4.69) is 0 Å². The zero-order chi connectivity index (χ0) is 13.5. The third kappa shape index (κ3) is 2.62. The maximum absolute atomic E-state index is 11.4. The minimum Gasteiger partial charge on any atom is -0.493 e. The molecule has 0 saturated carbocycles. The SMILES string of the molecule is O=S1(=O)CCC(CC(O)c2cccc3c2OCC3)C1. The zero-order valence-electron chi connectivity index (χ0n) is 10.7. The molecule has 0 bridgehead atoms. The fraction of sp³-hybridized carbons (Fsp3) is 0.571. The average Bonchev–Trinajstić information content (AvgIpc) is 2.94. The van der Waals surface area contributed by atoms with E-state index in [0.717, 1.165) is 23.3 Å². The summed E-state index contributed by atoms with van der Waals surface area (Å²) in [5.41, 5.74) is 1.94. The molecular weight excluding hydrogens is 264 g/mol. The van der Waals surface area contributed by atoms with Crippen molar-refractivity contribution in [1.29, 1.82) is 0 Å². The molecule has 0 aromatic heterocycles. The van der Waals surface area contributed by atoms with Gasteiger partial charge in [0, 0.05) is 12.0 Å². The molecule has 1 N–H and O–H groups in total. The van der Waals surface area contributed by atoms with Crippen molar-refractivity contribution < 1.29 is 18.3 Å². The lowest BCUT2D eigenvalue weighted by atomic mass is 9.95. The van der Waals surface area contributed by atoms with Crippen LogP contribution in [0, 0.1) is 5.92 Å². The third-order valence-corrected chi connectivity index (χ3v) is 5.82. The van der Waals surface area contributed by atoms with Gasteiger partial charge < -0.3 is 9.84 Å². The van der Waals surface area contributed by atoms with Gasteiger partial charge in [-0.25, -0.2) is 8.42 Å². The van der Waals surface area contributed by atoms with Crippen LogP contribution in [-0.4, -0.2) is 31.6 Å². The highest BCUT2D eigenvalue weighted by molar-refractivity contribution is 7.91. The van der Waals surface area contributed by atoms with Crippen LogP contribution < -0.4 is 4.74 Å². The van der Waals surface area contributed by atoms with E-state index in [-0.39, 0.29) is 17.4 Å². The van der Waals surface area contributed by atoms with Crippen LogP contribution in [0.1, 0.15) is 30.1 Å². The normalized spacial score (nSPS) is 25.8. The van der Waals surface area contributed by atoms with Crippen molar-refractivity contribution in [1.82, 2.24) is 0 Å². The Labute approximate surface area is 113 Å². The van der Waals surface area contributed by atoms with Crippen LogP contribution in [0.2, 0.25) is 0 Å². The van der Waals surface area contributed by atoms with Crippen LogP contribution >= 0.6 is 0 Å². The van der Waals surface area contributed by atoms with Crippen LogP contribution in [0.5, 0.6) is 5.75 Å². The van der Waals surface area contributed by atoms with Crippen LogP contribution in [0.15, 0.2) is 18.2 Å². The predicted octanol–water partition coefficient (Wildman–Crippen LogP) is 1.48. The van der Waals surface area contributed by atoms with Gasteiger partial charge in [-0.1, -0.05) is 18.2 Å². The monoisotopic (exact) mass is 282 g/mol. The van der Waals surface area contributed by atoms with Crippen LogP contribution in [-0.2, 0) is 16.3 Å². The molecule has 1 fully saturated rings. The van der Waals surface area contributed by atoms with Crippen LogP contribution in [0.4, 0.5) is 0 Å². The highest BCUT2D eigenvalue weighted by Crippen LogP contribution is 2.37. The molecule has 2 heterocycles. The molecule has 2 aliphatic rings. The van der Waals surface area contributed by atoms with Crippen molar-refractivity contribution in [2.45, 2.75) is 25.4 Å². The van der Waals surface area contributed by atoms with Gasteiger partial charge in [-0.15, -0.1) is 0 Å². The molecule has 1 aromatic rings. The predicted molar refractivity (Wildman–Crippen MR) is 72.0 cm³/mol. The summed E-state index contributed by atoms with van der Waals surface area (Å²) in [4.78, 5) is 0. The smallest absolute Gasteiger partial charge is 0.150 e. The topological polar surface area (TPSA) is 63.6 Å². The van der Waals surface area contributed by atoms with Gasteiger partial charge in [0.2, 0.25) is 0 Å². The number of ether oxygens (including phenoxy) is 1. The quantitative estimate of drug-likeness (QED) is 0.912. The molecule has 19 heavy (non-hydrogen) atoms. The Morgan fingerprint density at radius 1 is 1.42 bits per heavy atom. The molecule has 2 aliphatic heterocycles. The Morgan fingerprint density at radius 3 is 3.00 bits per heavy atom. The summed E-state index contributed by atoms with van der Waals surface area (Å²) in [5, 5.41) is 10.3. The molecule has 104 valence electrons. The second-order valence-corrected chi connectivity index (χ2v) is 7.68. The maximum Gasteiger partial charge on any atom is 0.150 e. The number of aliphatic hydroxyl groups excluding tert-OH is 1. The van der Waals surface area contributed by atoms with Crippen molar-refractivity contribution in [2.75, 3.05) is 18.1 Å². The van der Waals surface area contributed by atoms with E-state index in [1.54, 1.807) is 0 Å². The first kappa shape index (κ1) is 12.9. The van der Waals surface area contributed by atoms with Crippen LogP contribution in [0.25, 0.3) is 0 Å². The first-order valence-electron chi connectivity index (χ1n) is 6.68. The summed E-state index contributed by atoms with van der Waals surface area (Å²) in [6, 6.07) is 5.81. The van der Waals surface area contributed by atoms with Gasteiger partial charge >= 0.3 is 0 Å². The number of para-hydroxylation sites is 1. The summed E-state index contributed by atoms with van der Waals surface area (Å²) in [5.74, 6) is 1.33. The molecule has 1 saturated heterocycles. The molecule has 3 rings (SSSR count). The van der Waals surface area contributed by atoms with Crippen molar-refractivity contribution in [3.05, 3.63) is 29.3 Å². The molecular formula is C14H18O4S. The summed E-state index contributed by atoms with van der Waals surface area (Å²) in [7, 11) is -2.88. The molecule has 2 unspecified atom stereocenters. The van der Waals surface area contributed by atoms with E-state index in [1.807, 2.05) is 18.2 Å². The van der Waals surface area contributed by atoms with Gasteiger partial charge in [-0.05, 0) is 24.3 Å². The Bertz CT molecular complexity index is 579. The molecule has 1 aromatic carbocycles. The standard InChI is InChI=1S/C14H18O4S/c15-13(8-10-5-7-19(16,17)9-10)12-3-1-2-11-4-6-18-14(11)12/h1-3,10,13,15H,4-9H2. The average molecular weight is 282 g/mol. The number of benzene rings is 1. The number of hydrogen-bond donors (Lipinski definition) is 1. The van der Waals surface area contributed by atoms with E-state index < -0.39 is 15.9 Å². The lowest BCUT2D eigenvalue weighted by Gasteiger charge is -2.17. The number of fused-ring (bicyclic) bond motifs is 1. The zero-order valence-corrected chi connectivity index (χ0v) is 11.5. The number of aliphatic hydroxyl groups is 1. The summed E-state index contributed by atoms with van der Waals surface area (Å²) >= 11 is 0. The van der Waals surface area contributed by atoms with Gasteiger partial charge in [-0.2, -0.15) is 0 Å². The van der Waals surface area contributed by atoms with Crippen molar-refractivity contribution in [3.63, 3.8) is 0 Å². The second-order valence-electron chi connectivity index (χ2n) is 5.45. The second kappa shape index (κ2) is 4.80. The Kier molecular flexibility index (Phi) is 3.27. The Morgan fingerprint density at radius 2 is 2.26 bits per heavy atom. The molecule has 0 aliphatic carbocycles.